The molecule has 0 unspecified atom stereocenters. The monoisotopic (exact) mass is 428 g/mol. The summed E-state index contributed by atoms with van der Waals surface area (Å²) in [6.45, 7) is -0.790. The van der Waals surface area contributed by atoms with Crippen molar-refractivity contribution in [3.63, 3.8) is 0 Å². The van der Waals surface area contributed by atoms with Gasteiger partial charge in [0.2, 0.25) is 0 Å². The summed E-state index contributed by atoms with van der Waals surface area (Å²) in [4.78, 5) is 26.0. The van der Waals surface area contributed by atoms with Crippen LogP contribution < -0.4 is 0 Å². The fourth-order valence-corrected chi connectivity index (χ4v) is 3.65. The number of carbonyl (C=O) groups is 1. The number of aromatic nitrogens is 3. The number of alkyl halides is 2. The molecule has 1 amide bonds. The summed E-state index contributed by atoms with van der Waals surface area (Å²) in [7, 11) is 0. The Kier molecular flexibility index (Phi) is 6.30. The van der Waals surface area contributed by atoms with Gasteiger partial charge in [0.25, 0.3) is 12.3 Å². The first kappa shape index (κ1) is 19.6. The van der Waals surface area contributed by atoms with Gasteiger partial charge in [-0.05, 0) is 23.8 Å². The van der Waals surface area contributed by atoms with Crippen LogP contribution >= 0.6 is 34.5 Å². The van der Waals surface area contributed by atoms with Gasteiger partial charge in [0.1, 0.15) is 15.0 Å². The number of amides is 1. The Morgan fingerprint density at radius 1 is 1.22 bits per heavy atom. The highest BCUT2D eigenvalue weighted by molar-refractivity contribution is 7.17. The van der Waals surface area contributed by atoms with Crippen molar-refractivity contribution in [1.29, 1.82) is 0 Å². The van der Waals surface area contributed by atoms with Crippen molar-refractivity contribution in [3.05, 3.63) is 63.6 Å². The van der Waals surface area contributed by atoms with E-state index in [1.807, 2.05) is 0 Å². The number of hydrogen-bond acceptors (Lipinski definition) is 5. The molecule has 140 valence electrons. The molecule has 0 fully saturated rings. The second kappa shape index (κ2) is 8.69. The van der Waals surface area contributed by atoms with Crippen LogP contribution in [0.4, 0.5) is 8.78 Å². The predicted octanol–water partition coefficient (Wildman–Crippen LogP) is 4.81. The molecular formula is C17H12Cl2F2N4OS. The van der Waals surface area contributed by atoms with E-state index in [4.69, 9.17) is 23.2 Å². The van der Waals surface area contributed by atoms with E-state index in [1.54, 1.807) is 30.6 Å². The number of carbonyl (C=O) groups excluding carboxylic acids is 1. The summed E-state index contributed by atoms with van der Waals surface area (Å²) in [6, 6.07) is 6.65. The van der Waals surface area contributed by atoms with E-state index in [0.717, 1.165) is 16.2 Å². The molecular weight excluding hydrogens is 417 g/mol. The van der Waals surface area contributed by atoms with Gasteiger partial charge < -0.3 is 4.90 Å². The maximum atomic E-state index is 13.0. The van der Waals surface area contributed by atoms with Gasteiger partial charge in [-0.25, -0.2) is 18.7 Å². The summed E-state index contributed by atoms with van der Waals surface area (Å²) >= 11 is 12.9. The Balaban J connectivity index is 1.87. The van der Waals surface area contributed by atoms with Gasteiger partial charge >= 0.3 is 0 Å². The molecule has 0 aliphatic carbocycles. The van der Waals surface area contributed by atoms with Crippen LogP contribution in [0.2, 0.25) is 10.3 Å². The number of nitrogens with zero attached hydrogens (tertiary/aromatic N) is 4. The third kappa shape index (κ3) is 4.97. The number of hydrogen-bond donors (Lipinski definition) is 0. The van der Waals surface area contributed by atoms with Crippen LogP contribution in [0.1, 0.15) is 15.2 Å². The topological polar surface area (TPSA) is 59.0 Å². The molecule has 3 aromatic rings. The summed E-state index contributed by atoms with van der Waals surface area (Å²) in [6.07, 6.45) is 1.93. The lowest BCUT2D eigenvalue weighted by Crippen LogP contribution is -2.34. The Bertz CT molecular complexity index is 922. The van der Waals surface area contributed by atoms with Crippen LogP contribution in [0.15, 0.2) is 42.9 Å². The molecule has 27 heavy (non-hydrogen) atoms. The summed E-state index contributed by atoms with van der Waals surface area (Å²) in [5.41, 5.74) is 1.26. The van der Waals surface area contributed by atoms with Crippen molar-refractivity contribution >= 4 is 40.4 Å². The zero-order chi connectivity index (χ0) is 19.4. The Morgan fingerprint density at radius 3 is 2.67 bits per heavy atom. The summed E-state index contributed by atoms with van der Waals surface area (Å²) in [5, 5.41) is 0.732. The maximum Gasteiger partial charge on any atom is 0.267 e. The Morgan fingerprint density at radius 2 is 2.04 bits per heavy atom. The van der Waals surface area contributed by atoms with E-state index in [2.05, 4.69) is 15.0 Å². The van der Waals surface area contributed by atoms with Crippen LogP contribution in [0.25, 0.3) is 10.6 Å². The van der Waals surface area contributed by atoms with E-state index in [1.165, 1.54) is 12.3 Å². The first-order valence-corrected chi connectivity index (χ1v) is 9.26. The van der Waals surface area contributed by atoms with Crippen molar-refractivity contribution in [1.82, 2.24) is 19.9 Å². The van der Waals surface area contributed by atoms with Gasteiger partial charge in [-0.3, -0.25) is 9.78 Å². The molecule has 0 aromatic carbocycles. The smallest absolute Gasteiger partial charge is 0.267 e. The van der Waals surface area contributed by atoms with Crippen LogP contribution in [-0.2, 0) is 6.54 Å². The zero-order valence-electron chi connectivity index (χ0n) is 13.7. The van der Waals surface area contributed by atoms with Gasteiger partial charge in [-0.2, -0.15) is 0 Å². The molecule has 0 bridgehead atoms. The zero-order valence-corrected chi connectivity index (χ0v) is 16.0. The highest BCUT2D eigenvalue weighted by Crippen LogP contribution is 2.31. The molecule has 3 aromatic heterocycles. The minimum atomic E-state index is -2.70. The summed E-state index contributed by atoms with van der Waals surface area (Å²) < 4.78 is 26.0. The van der Waals surface area contributed by atoms with Gasteiger partial charge in [-0.1, -0.05) is 29.3 Å². The first-order chi connectivity index (χ1) is 12.9. The molecule has 0 atom stereocenters. The van der Waals surface area contributed by atoms with E-state index in [0.29, 0.717) is 16.1 Å². The molecule has 0 spiro atoms. The Labute approximate surface area is 167 Å². The molecule has 0 N–H and O–H groups in total. The molecule has 0 aliphatic heterocycles. The normalized spacial score (nSPS) is 11.0. The van der Waals surface area contributed by atoms with Crippen LogP contribution in [0.5, 0.6) is 0 Å². The maximum absolute atomic E-state index is 13.0. The molecule has 3 rings (SSSR count). The largest absolute Gasteiger partial charge is 0.328 e. The van der Waals surface area contributed by atoms with E-state index in [-0.39, 0.29) is 21.7 Å². The fraction of sp³-hybridized carbons (Fsp3) is 0.176. The number of halogens is 4. The van der Waals surface area contributed by atoms with Crippen molar-refractivity contribution in [3.8, 4) is 10.6 Å². The highest BCUT2D eigenvalue weighted by atomic mass is 35.5. The average Bonchev–Trinajstić information content (AvgIpc) is 3.04. The molecule has 0 saturated carbocycles. The lowest BCUT2D eigenvalue weighted by atomic mass is 10.2. The number of thiazole rings is 1. The van der Waals surface area contributed by atoms with E-state index >= 15 is 0 Å². The molecule has 0 radical (unpaired) electrons. The second-order valence-electron chi connectivity index (χ2n) is 5.45. The lowest BCUT2D eigenvalue weighted by Gasteiger charge is -2.21. The fourth-order valence-electron chi connectivity index (χ4n) is 2.30. The molecule has 10 heteroatoms. The number of pyridine rings is 2. The lowest BCUT2D eigenvalue weighted by molar-refractivity contribution is 0.0539. The first-order valence-electron chi connectivity index (χ1n) is 7.68. The third-order valence-corrected chi connectivity index (χ3v) is 5.20. The van der Waals surface area contributed by atoms with Crippen LogP contribution in [-0.4, -0.2) is 38.7 Å². The third-order valence-electron chi connectivity index (χ3n) is 3.50. The SMILES string of the molecule is O=C(c1sc(-c2cccnc2)nc1Cl)N(Cc1ccc(Cl)nc1)CC(F)F. The van der Waals surface area contributed by atoms with Crippen LogP contribution in [0, 0.1) is 0 Å². The van der Waals surface area contributed by atoms with Crippen molar-refractivity contribution in [2.24, 2.45) is 0 Å². The van der Waals surface area contributed by atoms with Gasteiger partial charge in [0.15, 0.2) is 5.15 Å². The predicted molar refractivity (Wildman–Crippen MR) is 100 cm³/mol. The van der Waals surface area contributed by atoms with E-state index in [9.17, 15) is 13.6 Å². The van der Waals surface area contributed by atoms with Gasteiger partial charge in [0.05, 0.1) is 6.54 Å². The number of rotatable bonds is 6. The van der Waals surface area contributed by atoms with E-state index < -0.39 is 18.9 Å². The average molecular weight is 429 g/mol. The quantitative estimate of drug-likeness (QED) is 0.528. The van der Waals surface area contributed by atoms with Gasteiger partial charge in [-0.15, -0.1) is 11.3 Å². The molecule has 0 saturated heterocycles. The molecule has 5 nitrogen and oxygen atoms in total. The molecule has 3 heterocycles. The Hall–Kier alpha value is -2.16. The summed E-state index contributed by atoms with van der Waals surface area (Å²) in [5.74, 6) is -0.622. The van der Waals surface area contributed by atoms with Crippen molar-refractivity contribution in [2.45, 2.75) is 13.0 Å². The van der Waals surface area contributed by atoms with Crippen LogP contribution in [0.3, 0.4) is 0 Å². The van der Waals surface area contributed by atoms with Gasteiger partial charge in [0, 0.05) is 30.7 Å². The van der Waals surface area contributed by atoms with Crippen molar-refractivity contribution in [2.75, 3.05) is 6.54 Å². The minimum absolute atomic E-state index is 0.0302. The standard InChI is InChI=1S/C17H12Cl2F2N4OS/c18-12-4-3-10(6-23-12)8-25(9-13(20)21)17(26)14-15(19)24-16(27-14)11-2-1-5-22-7-11/h1-7,13H,8-9H2. The minimum Gasteiger partial charge on any atom is -0.328 e. The second-order valence-corrected chi connectivity index (χ2v) is 7.19. The molecule has 0 aliphatic rings. The highest BCUT2D eigenvalue weighted by Gasteiger charge is 2.25. The van der Waals surface area contributed by atoms with Crippen molar-refractivity contribution < 1.29 is 13.6 Å².